The number of amides is 1. The van der Waals surface area contributed by atoms with Gasteiger partial charge >= 0.3 is 12.1 Å². The Morgan fingerprint density at radius 3 is 2.62 bits per heavy atom. The Morgan fingerprint density at radius 2 is 2.03 bits per heavy atom. The fraction of sp³-hybridized carbons (Fsp3) is 0.619. The van der Waals surface area contributed by atoms with Crippen molar-refractivity contribution in [3.05, 3.63) is 35.8 Å². The molecular formula is C21H27F3N6O4. The highest BCUT2D eigenvalue weighted by Crippen LogP contribution is 2.34. The zero-order chi connectivity index (χ0) is 24.5. The van der Waals surface area contributed by atoms with Gasteiger partial charge in [-0.3, -0.25) is 14.6 Å². The number of alkyl halides is 3. The van der Waals surface area contributed by atoms with E-state index in [9.17, 15) is 18.0 Å². The lowest BCUT2D eigenvalue weighted by molar-refractivity contribution is -0.192. The maximum atomic E-state index is 12.7. The van der Waals surface area contributed by atoms with Crippen LogP contribution in [0.4, 0.5) is 13.2 Å². The molecule has 5 rings (SSSR count). The van der Waals surface area contributed by atoms with Gasteiger partial charge in [0.1, 0.15) is 11.6 Å². The molecule has 1 amide bonds. The molecule has 1 atom stereocenters. The van der Waals surface area contributed by atoms with Crippen LogP contribution in [0.3, 0.4) is 0 Å². The second-order valence-corrected chi connectivity index (χ2v) is 9.05. The first kappa shape index (κ1) is 24.2. The van der Waals surface area contributed by atoms with Gasteiger partial charge < -0.3 is 19.4 Å². The third-order valence-corrected chi connectivity index (χ3v) is 6.73. The number of likely N-dealkylation sites (N-methyl/N-ethyl adjacent to an activating group) is 1. The van der Waals surface area contributed by atoms with Gasteiger partial charge in [0.15, 0.2) is 0 Å². The Labute approximate surface area is 193 Å². The lowest BCUT2D eigenvalue weighted by Crippen LogP contribution is -2.55. The molecule has 4 heterocycles. The highest BCUT2D eigenvalue weighted by Gasteiger charge is 2.46. The normalized spacial score (nSPS) is 23.2. The standard InChI is InChI=1S/C19H26N6O2.C2HF3O2/c1-23-11-16-21-22-17(18(26)20-14-4-2-5-14)25(16)13-19(23)7-8-24(12-19)10-15-6-3-9-27-15;3-2(4,5)1(6)7/h3,6,9,14H,2,4-5,7-8,10-13H2,1H3,(H,20,26);(H,6,7). The van der Waals surface area contributed by atoms with Gasteiger partial charge in [-0.25, -0.2) is 4.79 Å². The molecule has 0 aromatic carbocycles. The second-order valence-electron chi connectivity index (χ2n) is 9.05. The molecule has 1 spiro atoms. The Kier molecular flexibility index (Phi) is 6.67. The first-order chi connectivity index (χ1) is 16.1. The topological polar surface area (TPSA) is 117 Å². The van der Waals surface area contributed by atoms with E-state index < -0.39 is 12.1 Å². The van der Waals surface area contributed by atoms with E-state index in [4.69, 9.17) is 14.3 Å². The van der Waals surface area contributed by atoms with Crippen molar-refractivity contribution in [3.63, 3.8) is 0 Å². The number of carbonyl (C=O) groups is 2. The fourth-order valence-electron chi connectivity index (χ4n) is 4.52. The summed E-state index contributed by atoms with van der Waals surface area (Å²) in [6.45, 7) is 4.27. The van der Waals surface area contributed by atoms with Gasteiger partial charge in [-0.15, -0.1) is 10.2 Å². The lowest BCUT2D eigenvalue weighted by atomic mass is 9.93. The number of nitrogens with one attached hydrogen (secondary N) is 1. The molecule has 1 saturated carbocycles. The number of halogens is 3. The van der Waals surface area contributed by atoms with Crippen LogP contribution in [-0.4, -0.2) is 79.4 Å². The maximum Gasteiger partial charge on any atom is 0.490 e. The van der Waals surface area contributed by atoms with E-state index in [1.807, 2.05) is 16.7 Å². The Balaban J connectivity index is 0.000000344. The number of rotatable bonds is 4. The smallest absolute Gasteiger partial charge is 0.475 e. The summed E-state index contributed by atoms with van der Waals surface area (Å²) in [5.74, 6) is -0.493. The van der Waals surface area contributed by atoms with Crippen molar-refractivity contribution < 1.29 is 32.3 Å². The molecule has 34 heavy (non-hydrogen) atoms. The highest BCUT2D eigenvalue weighted by molar-refractivity contribution is 5.91. The molecule has 1 unspecified atom stereocenters. The van der Waals surface area contributed by atoms with Gasteiger partial charge in [0.25, 0.3) is 5.91 Å². The van der Waals surface area contributed by atoms with E-state index in [1.165, 1.54) is 6.42 Å². The molecule has 0 bridgehead atoms. The summed E-state index contributed by atoms with van der Waals surface area (Å²) in [6.07, 6.45) is 1.04. The van der Waals surface area contributed by atoms with Crippen LogP contribution >= 0.6 is 0 Å². The summed E-state index contributed by atoms with van der Waals surface area (Å²) in [7, 11) is 2.16. The Morgan fingerprint density at radius 1 is 1.29 bits per heavy atom. The number of carboxylic acids is 1. The Hall–Kier alpha value is -2.93. The van der Waals surface area contributed by atoms with E-state index in [0.29, 0.717) is 11.9 Å². The van der Waals surface area contributed by atoms with E-state index in [0.717, 1.165) is 63.6 Å². The van der Waals surface area contributed by atoms with Crippen LogP contribution in [-0.2, 0) is 24.4 Å². The minimum Gasteiger partial charge on any atom is -0.475 e. The van der Waals surface area contributed by atoms with Crippen molar-refractivity contribution in [2.24, 2.45) is 0 Å². The van der Waals surface area contributed by atoms with Crippen LogP contribution in [0.25, 0.3) is 0 Å². The van der Waals surface area contributed by atoms with Gasteiger partial charge in [0.2, 0.25) is 5.82 Å². The van der Waals surface area contributed by atoms with Crippen molar-refractivity contribution in [1.82, 2.24) is 29.9 Å². The van der Waals surface area contributed by atoms with Gasteiger partial charge in [0.05, 0.1) is 24.9 Å². The molecule has 186 valence electrons. The number of fused-ring (bicyclic) bond motifs is 1. The Bertz CT molecular complexity index is 1020. The van der Waals surface area contributed by atoms with Crippen LogP contribution in [0, 0.1) is 0 Å². The predicted octanol–water partition coefficient (Wildman–Crippen LogP) is 1.88. The third kappa shape index (κ3) is 5.09. The number of nitrogens with zero attached hydrogens (tertiary/aromatic N) is 5. The van der Waals surface area contributed by atoms with E-state index >= 15 is 0 Å². The summed E-state index contributed by atoms with van der Waals surface area (Å²) in [5.41, 5.74) is 0.00741. The number of likely N-dealkylation sites (tertiary alicyclic amines) is 1. The summed E-state index contributed by atoms with van der Waals surface area (Å²) in [6, 6.07) is 4.27. The van der Waals surface area contributed by atoms with Crippen LogP contribution in [0.5, 0.6) is 0 Å². The van der Waals surface area contributed by atoms with Crippen LogP contribution in [0.15, 0.2) is 22.8 Å². The lowest BCUT2D eigenvalue weighted by Gasteiger charge is -2.42. The molecular weight excluding hydrogens is 457 g/mol. The average molecular weight is 484 g/mol. The summed E-state index contributed by atoms with van der Waals surface area (Å²) >= 11 is 0. The molecule has 1 saturated heterocycles. The number of aromatic nitrogens is 3. The second kappa shape index (κ2) is 9.37. The summed E-state index contributed by atoms with van der Waals surface area (Å²) in [4.78, 5) is 26.4. The number of hydrogen-bond donors (Lipinski definition) is 2. The molecule has 2 aliphatic heterocycles. The van der Waals surface area contributed by atoms with Crippen molar-refractivity contribution in [2.45, 2.75) is 63.1 Å². The summed E-state index contributed by atoms with van der Waals surface area (Å²) in [5, 5.41) is 18.7. The van der Waals surface area contributed by atoms with Crippen LogP contribution in [0.1, 0.15) is 47.9 Å². The molecule has 2 aromatic heterocycles. The first-order valence-corrected chi connectivity index (χ1v) is 11.1. The fourth-order valence-corrected chi connectivity index (χ4v) is 4.52. The van der Waals surface area contributed by atoms with E-state index in [1.54, 1.807) is 6.26 Å². The third-order valence-electron chi connectivity index (χ3n) is 6.73. The van der Waals surface area contributed by atoms with Gasteiger partial charge in [-0.2, -0.15) is 13.2 Å². The van der Waals surface area contributed by atoms with Crippen LogP contribution in [0.2, 0.25) is 0 Å². The minimum absolute atomic E-state index is 0.00741. The van der Waals surface area contributed by atoms with E-state index in [-0.39, 0.29) is 11.4 Å². The maximum absolute atomic E-state index is 12.7. The SMILES string of the molecule is CN1Cc2nnc(C(=O)NC3CCC3)n2CC12CCN(Cc1ccco1)C2.O=C(O)C(F)(F)F. The van der Waals surface area contributed by atoms with Gasteiger partial charge in [0, 0.05) is 25.7 Å². The zero-order valence-corrected chi connectivity index (χ0v) is 18.7. The average Bonchev–Trinajstić information content (AvgIpc) is 3.47. The number of aliphatic carboxylic acids is 1. The van der Waals surface area contributed by atoms with Crippen LogP contribution < -0.4 is 5.32 Å². The molecule has 3 aliphatic rings. The molecule has 2 fully saturated rings. The molecule has 0 radical (unpaired) electrons. The van der Waals surface area contributed by atoms with Crippen molar-refractivity contribution in [2.75, 3.05) is 20.1 Å². The zero-order valence-electron chi connectivity index (χ0n) is 18.7. The number of furan rings is 1. The molecule has 13 heteroatoms. The van der Waals surface area contributed by atoms with Crippen molar-refractivity contribution in [1.29, 1.82) is 0 Å². The predicted molar refractivity (Wildman–Crippen MR) is 112 cm³/mol. The molecule has 2 aromatic rings. The van der Waals surface area contributed by atoms with Crippen molar-refractivity contribution in [3.8, 4) is 0 Å². The molecule has 2 N–H and O–H groups in total. The largest absolute Gasteiger partial charge is 0.490 e. The highest BCUT2D eigenvalue weighted by atomic mass is 19.4. The number of carbonyl (C=O) groups excluding carboxylic acids is 1. The van der Waals surface area contributed by atoms with Gasteiger partial charge in [-0.1, -0.05) is 0 Å². The quantitative estimate of drug-likeness (QED) is 0.676. The molecule has 1 aliphatic carbocycles. The van der Waals surface area contributed by atoms with E-state index in [2.05, 4.69) is 32.4 Å². The van der Waals surface area contributed by atoms with Crippen molar-refractivity contribution >= 4 is 11.9 Å². The number of carboxylic acid groups (broad SMARTS) is 1. The number of hydrogen-bond acceptors (Lipinski definition) is 7. The first-order valence-electron chi connectivity index (χ1n) is 11.1. The minimum atomic E-state index is -5.08. The molecule has 10 nitrogen and oxygen atoms in total. The van der Waals surface area contributed by atoms with Gasteiger partial charge in [-0.05, 0) is 44.9 Å². The summed E-state index contributed by atoms with van der Waals surface area (Å²) < 4.78 is 39.3. The monoisotopic (exact) mass is 484 g/mol.